The van der Waals surface area contributed by atoms with Crippen molar-refractivity contribution in [3.8, 4) is 0 Å². The lowest BCUT2D eigenvalue weighted by Crippen LogP contribution is -2.18. The Morgan fingerprint density at radius 2 is 1.94 bits per heavy atom. The summed E-state index contributed by atoms with van der Waals surface area (Å²) in [5, 5.41) is 0.364. The van der Waals surface area contributed by atoms with Gasteiger partial charge in [-0.15, -0.1) is 0 Å². The van der Waals surface area contributed by atoms with Gasteiger partial charge in [-0.2, -0.15) is 13.2 Å². The predicted molar refractivity (Wildman–Crippen MR) is 53.9 cm³/mol. The summed E-state index contributed by atoms with van der Waals surface area (Å²) in [6, 6.07) is 5.91. The summed E-state index contributed by atoms with van der Waals surface area (Å²) in [6.07, 6.45) is -2.86. The van der Waals surface area contributed by atoms with E-state index in [1.54, 1.807) is 6.07 Å². The molecular weight excluding hydrogens is 238 g/mol. The molecule has 1 heterocycles. The number of benzene rings is 1. The molecule has 2 aromatic rings. The number of nitrogens with zero attached hydrogens (tertiary/aromatic N) is 1. The summed E-state index contributed by atoms with van der Waals surface area (Å²) in [5.74, 6) is -0.405. The SMILES string of the molecule is Fc1cccc2c1ccn2COCC(F)(F)F. The number of hydrogen-bond donors (Lipinski definition) is 0. The Kier molecular flexibility index (Phi) is 3.06. The molecule has 0 saturated heterocycles. The fourth-order valence-corrected chi connectivity index (χ4v) is 1.56. The van der Waals surface area contributed by atoms with E-state index in [0.717, 1.165) is 0 Å². The van der Waals surface area contributed by atoms with Gasteiger partial charge in [-0.1, -0.05) is 6.07 Å². The minimum atomic E-state index is -4.35. The molecule has 0 unspecified atom stereocenters. The summed E-state index contributed by atoms with van der Waals surface area (Å²) < 4.78 is 54.8. The lowest BCUT2D eigenvalue weighted by atomic mass is 10.2. The van der Waals surface area contributed by atoms with E-state index in [1.165, 1.54) is 29.0 Å². The van der Waals surface area contributed by atoms with Gasteiger partial charge in [0.2, 0.25) is 0 Å². The van der Waals surface area contributed by atoms with Crippen LogP contribution < -0.4 is 0 Å². The number of ether oxygens (including phenoxy) is 1. The van der Waals surface area contributed by atoms with Crippen LogP contribution in [0.25, 0.3) is 10.9 Å². The van der Waals surface area contributed by atoms with Gasteiger partial charge in [-0.25, -0.2) is 4.39 Å². The Bertz CT molecular complexity index is 518. The van der Waals surface area contributed by atoms with Gasteiger partial charge in [-0.05, 0) is 18.2 Å². The molecule has 0 bridgehead atoms. The van der Waals surface area contributed by atoms with Gasteiger partial charge in [0.25, 0.3) is 0 Å². The summed E-state index contributed by atoms with van der Waals surface area (Å²) in [6.45, 7) is -1.57. The van der Waals surface area contributed by atoms with E-state index < -0.39 is 18.6 Å². The minimum absolute atomic E-state index is 0.257. The highest BCUT2D eigenvalue weighted by Gasteiger charge is 2.27. The van der Waals surface area contributed by atoms with Crippen molar-refractivity contribution in [2.45, 2.75) is 12.9 Å². The molecule has 0 saturated carbocycles. The first-order valence-electron chi connectivity index (χ1n) is 4.85. The molecule has 1 aromatic carbocycles. The topological polar surface area (TPSA) is 14.2 Å². The second-order valence-corrected chi connectivity index (χ2v) is 3.55. The molecule has 17 heavy (non-hydrogen) atoms. The molecule has 0 N–H and O–H groups in total. The van der Waals surface area contributed by atoms with Gasteiger partial charge in [0.05, 0.1) is 5.52 Å². The van der Waals surface area contributed by atoms with Crippen LogP contribution in [0.15, 0.2) is 30.5 Å². The third kappa shape index (κ3) is 2.76. The molecule has 0 fully saturated rings. The lowest BCUT2D eigenvalue weighted by molar-refractivity contribution is -0.181. The number of aromatic nitrogens is 1. The van der Waals surface area contributed by atoms with Crippen molar-refractivity contribution in [3.05, 3.63) is 36.3 Å². The predicted octanol–water partition coefficient (Wildman–Crippen LogP) is 3.32. The van der Waals surface area contributed by atoms with Crippen LogP contribution in [0, 0.1) is 5.82 Å². The summed E-state index contributed by atoms with van der Waals surface area (Å²) in [7, 11) is 0. The number of halogens is 4. The van der Waals surface area contributed by atoms with Crippen molar-refractivity contribution >= 4 is 10.9 Å². The summed E-state index contributed by atoms with van der Waals surface area (Å²) in [5.41, 5.74) is 0.507. The maximum absolute atomic E-state index is 13.3. The summed E-state index contributed by atoms with van der Waals surface area (Å²) in [4.78, 5) is 0. The van der Waals surface area contributed by atoms with E-state index in [0.29, 0.717) is 10.9 Å². The Balaban J connectivity index is 2.12. The lowest BCUT2D eigenvalue weighted by Gasteiger charge is -2.09. The monoisotopic (exact) mass is 247 g/mol. The molecule has 0 aliphatic rings. The van der Waals surface area contributed by atoms with Crippen LogP contribution in [0.2, 0.25) is 0 Å². The van der Waals surface area contributed by atoms with E-state index in [2.05, 4.69) is 4.74 Å². The maximum Gasteiger partial charge on any atom is 0.411 e. The van der Waals surface area contributed by atoms with E-state index in [-0.39, 0.29) is 6.73 Å². The van der Waals surface area contributed by atoms with Crippen molar-refractivity contribution in [1.29, 1.82) is 0 Å². The maximum atomic E-state index is 13.3. The highest BCUT2D eigenvalue weighted by molar-refractivity contribution is 5.80. The first-order valence-corrected chi connectivity index (χ1v) is 4.85. The number of hydrogen-bond acceptors (Lipinski definition) is 1. The number of rotatable bonds is 3. The molecule has 1 aromatic heterocycles. The molecule has 0 atom stereocenters. The molecule has 0 aliphatic carbocycles. The van der Waals surface area contributed by atoms with E-state index >= 15 is 0 Å². The van der Waals surface area contributed by atoms with Gasteiger partial charge < -0.3 is 9.30 Å². The van der Waals surface area contributed by atoms with Crippen LogP contribution >= 0.6 is 0 Å². The third-order valence-electron chi connectivity index (χ3n) is 2.26. The molecule has 0 aliphatic heterocycles. The molecule has 92 valence electrons. The average molecular weight is 247 g/mol. The third-order valence-corrected chi connectivity index (χ3v) is 2.26. The molecule has 6 heteroatoms. The number of fused-ring (bicyclic) bond motifs is 1. The highest BCUT2D eigenvalue weighted by Crippen LogP contribution is 2.20. The van der Waals surface area contributed by atoms with Crippen LogP contribution in [-0.2, 0) is 11.5 Å². The number of alkyl halides is 3. The molecule has 0 spiro atoms. The van der Waals surface area contributed by atoms with E-state index in [9.17, 15) is 17.6 Å². The van der Waals surface area contributed by atoms with Crippen molar-refractivity contribution in [2.24, 2.45) is 0 Å². The highest BCUT2D eigenvalue weighted by atomic mass is 19.4. The first-order chi connectivity index (χ1) is 7.97. The molecular formula is C11H9F4NO. The van der Waals surface area contributed by atoms with Crippen LogP contribution in [0.5, 0.6) is 0 Å². The van der Waals surface area contributed by atoms with Crippen molar-refractivity contribution in [2.75, 3.05) is 6.61 Å². The fourth-order valence-electron chi connectivity index (χ4n) is 1.56. The van der Waals surface area contributed by atoms with Gasteiger partial charge in [0.1, 0.15) is 19.2 Å². The largest absolute Gasteiger partial charge is 0.411 e. The Morgan fingerprint density at radius 3 is 2.65 bits per heavy atom. The van der Waals surface area contributed by atoms with E-state index in [1.807, 2.05) is 0 Å². The zero-order valence-electron chi connectivity index (χ0n) is 8.67. The van der Waals surface area contributed by atoms with Crippen LogP contribution in [0.1, 0.15) is 0 Å². The van der Waals surface area contributed by atoms with Gasteiger partial charge in [0.15, 0.2) is 0 Å². The second kappa shape index (κ2) is 4.37. The normalized spacial score (nSPS) is 12.2. The second-order valence-electron chi connectivity index (χ2n) is 3.55. The Morgan fingerprint density at radius 1 is 1.18 bits per heavy atom. The van der Waals surface area contributed by atoms with Crippen molar-refractivity contribution in [1.82, 2.24) is 4.57 Å². The first kappa shape index (κ1) is 11.9. The molecule has 2 rings (SSSR count). The van der Waals surface area contributed by atoms with Gasteiger partial charge in [0, 0.05) is 11.6 Å². The standard InChI is InChI=1S/C11H9F4NO/c12-9-2-1-3-10-8(9)4-5-16(10)7-17-6-11(13,14)15/h1-5H,6-7H2. The zero-order chi connectivity index (χ0) is 12.5. The quantitative estimate of drug-likeness (QED) is 0.759. The smallest absolute Gasteiger partial charge is 0.351 e. The average Bonchev–Trinajstić information content (AvgIpc) is 2.61. The van der Waals surface area contributed by atoms with E-state index in [4.69, 9.17) is 0 Å². The van der Waals surface area contributed by atoms with Crippen LogP contribution in [-0.4, -0.2) is 17.4 Å². The van der Waals surface area contributed by atoms with Gasteiger partial charge in [-0.3, -0.25) is 0 Å². The van der Waals surface area contributed by atoms with Crippen LogP contribution in [0.4, 0.5) is 17.6 Å². The minimum Gasteiger partial charge on any atom is -0.351 e. The Hall–Kier alpha value is -1.56. The fraction of sp³-hybridized carbons (Fsp3) is 0.273. The molecule has 2 nitrogen and oxygen atoms in total. The zero-order valence-corrected chi connectivity index (χ0v) is 8.67. The summed E-state index contributed by atoms with van der Waals surface area (Å²) >= 11 is 0. The Labute approximate surface area is 94.4 Å². The van der Waals surface area contributed by atoms with Crippen LogP contribution in [0.3, 0.4) is 0 Å². The molecule has 0 radical (unpaired) electrons. The van der Waals surface area contributed by atoms with Crippen molar-refractivity contribution < 1.29 is 22.3 Å². The molecule has 0 amide bonds. The van der Waals surface area contributed by atoms with Crippen molar-refractivity contribution in [3.63, 3.8) is 0 Å². The van der Waals surface area contributed by atoms with Gasteiger partial charge >= 0.3 is 6.18 Å².